The monoisotopic (exact) mass is 417 g/mol. The van der Waals surface area contributed by atoms with Gasteiger partial charge in [0.2, 0.25) is 11.8 Å². The third-order valence-electron chi connectivity index (χ3n) is 5.80. The van der Waals surface area contributed by atoms with Crippen LogP contribution >= 0.6 is 12.4 Å². The first-order valence-electron chi connectivity index (χ1n) is 9.68. The molecule has 1 saturated heterocycles. The number of anilines is 1. The second-order valence-electron chi connectivity index (χ2n) is 7.49. The van der Waals surface area contributed by atoms with Crippen molar-refractivity contribution in [1.82, 2.24) is 10.2 Å². The molecule has 2 aliphatic rings. The lowest BCUT2D eigenvalue weighted by Crippen LogP contribution is -2.44. The molecule has 0 spiro atoms. The molecule has 4 rings (SSSR count). The molecule has 0 aromatic heterocycles. The number of halogens is 2. The maximum absolute atomic E-state index is 14.9. The number of nitrogens with one attached hydrogen (secondary N) is 2. The number of hydrogen-bond donors (Lipinski definition) is 2. The summed E-state index contributed by atoms with van der Waals surface area (Å²) >= 11 is 0. The first-order chi connectivity index (χ1) is 13.6. The molecule has 0 bridgehead atoms. The van der Waals surface area contributed by atoms with E-state index >= 15 is 0 Å². The molecular weight excluding hydrogens is 393 g/mol. The zero-order valence-electron chi connectivity index (χ0n) is 16.3. The Morgan fingerprint density at radius 1 is 1.17 bits per heavy atom. The van der Waals surface area contributed by atoms with E-state index in [0.29, 0.717) is 31.4 Å². The Kier molecular flexibility index (Phi) is 6.55. The average molecular weight is 418 g/mol. The Labute approximate surface area is 176 Å². The Morgan fingerprint density at radius 2 is 1.93 bits per heavy atom. The van der Waals surface area contributed by atoms with Crippen LogP contribution in [0.1, 0.15) is 35.6 Å². The van der Waals surface area contributed by atoms with Crippen molar-refractivity contribution in [2.24, 2.45) is 5.92 Å². The standard InChI is InChI=1S/C22H24FN3O2.ClH/c1-26-19(27)10-8-17(21(26)14-5-3-2-4-6-14)22(28)25-18-9-7-15-13-24-12-11-16(15)20(18)23;/h2-7,9,17,21,24H,8,10-13H2,1H3,(H,25,28);1H. The number of carbonyl (C=O) groups excluding carboxylic acids is 2. The van der Waals surface area contributed by atoms with E-state index in [2.05, 4.69) is 10.6 Å². The molecule has 154 valence electrons. The summed E-state index contributed by atoms with van der Waals surface area (Å²) in [5, 5.41) is 6.01. The lowest BCUT2D eigenvalue weighted by atomic mass is 9.84. The normalized spacial score (nSPS) is 21.2. The van der Waals surface area contributed by atoms with Crippen LogP contribution in [0.15, 0.2) is 42.5 Å². The summed E-state index contributed by atoms with van der Waals surface area (Å²) in [4.78, 5) is 27.0. The van der Waals surface area contributed by atoms with Crippen molar-refractivity contribution >= 4 is 29.9 Å². The molecule has 0 saturated carbocycles. The summed E-state index contributed by atoms with van der Waals surface area (Å²) in [5.41, 5.74) is 2.74. The maximum Gasteiger partial charge on any atom is 0.230 e. The molecule has 2 N–H and O–H groups in total. The maximum atomic E-state index is 14.9. The minimum absolute atomic E-state index is 0. The fraction of sp³-hybridized carbons (Fsp3) is 0.364. The SMILES string of the molecule is CN1C(=O)CCC(C(=O)Nc2ccc3c(c2F)CCNC3)C1c1ccccc1.Cl. The minimum Gasteiger partial charge on any atom is -0.338 e. The molecule has 2 atom stereocenters. The van der Waals surface area contributed by atoms with Gasteiger partial charge in [-0.25, -0.2) is 4.39 Å². The van der Waals surface area contributed by atoms with Crippen molar-refractivity contribution in [3.05, 3.63) is 65.0 Å². The summed E-state index contributed by atoms with van der Waals surface area (Å²) in [6.07, 6.45) is 1.37. The first-order valence-corrected chi connectivity index (χ1v) is 9.68. The minimum atomic E-state index is -0.429. The first kappa shape index (κ1) is 21.3. The Hall–Kier alpha value is -2.44. The number of carbonyl (C=O) groups is 2. The smallest absolute Gasteiger partial charge is 0.230 e. The summed E-state index contributed by atoms with van der Waals surface area (Å²) in [5.74, 6) is -1.00. The van der Waals surface area contributed by atoms with Gasteiger partial charge in [-0.3, -0.25) is 9.59 Å². The fourth-order valence-corrected chi connectivity index (χ4v) is 4.27. The van der Waals surface area contributed by atoms with Crippen LogP contribution in [0.2, 0.25) is 0 Å². The molecule has 1 fully saturated rings. The molecule has 2 heterocycles. The van der Waals surface area contributed by atoms with Gasteiger partial charge < -0.3 is 15.5 Å². The van der Waals surface area contributed by atoms with Gasteiger partial charge in [-0.2, -0.15) is 0 Å². The summed E-state index contributed by atoms with van der Waals surface area (Å²) in [6, 6.07) is 12.7. The molecule has 7 heteroatoms. The molecule has 0 aliphatic carbocycles. The molecule has 0 radical (unpaired) electrons. The van der Waals surface area contributed by atoms with Gasteiger partial charge >= 0.3 is 0 Å². The van der Waals surface area contributed by atoms with Gasteiger partial charge in [0.1, 0.15) is 5.82 Å². The molecule has 29 heavy (non-hydrogen) atoms. The van der Waals surface area contributed by atoms with Gasteiger partial charge in [0.25, 0.3) is 0 Å². The van der Waals surface area contributed by atoms with Crippen LogP contribution in [0, 0.1) is 11.7 Å². The van der Waals surface area contributed by atoms with Crippen molar-refractivity contribution in [3.8, 4) is 0 Å². The molecule has 5 nitrogen and oxygen atoms in total. The van der Waals surface area contributed by atoms with Gasteiger partial charge in [0.15, 0.2) is 0 Å². The van der Waals surface area contributed by atoms with Crippen LogP contribution in [0.5, 0.6) is 0 Å². The number of amides is 2. The summed E-state index contributed by atoms with van der Waals surface area (Å²) in [6.45, 7) is 1.37. The van der Waals surface area contributed by atoms with Gasteiger partial charge in [-0.05, 0) is 42.1 Å². The second-order valence-corrected chi connectivity index (χ2v) is 7.49. The third kappa shape index (κ3) is 4.14. The van der Waals surface area contributed by atoms with E-state index in [4.69, 9.17) is 0 Å². The van der Waals surface area contributed by atoms with Crippen molar-refractivity contribution in [1.29, 1.82) is 0 Å². The number of benzene rings is 2. The lowest BCUT2D eigenvalue weighted by molar-refractivity contribution is -0.140. The topological polar surface area (TPSA) is 61.4 Å². The molecular formula is C22H25ClFN3O2. The van der Waals surface area contributed by atoms with E-state index in [1.54, 1.807) is 18.0 Å². The van der Waals surface area contributed by atoms with Crippen LogP contribution in [0.3, 0.4) is 0 Å². The molecule has 2 unspecified atom stereocenters. The van der Waals surface area contributed by atoms with Crippen LogP contribution < -0.4 is 10.6 Å². The third-order valence-corrected chi connectivity index (χ3v) is 5.80. The molecule has 2 aromatic carbocycles. The van der Waals surface area contributed by atoms with E-state index in [0.717, 1.165) is 17.7 Å². The highest BCUT2D eigenvalue weighted by Crippen LogP contribution is 2.36. The van der Waals surface area contributed by atoms with Crippen molar-refractivity contribution < 1.29 is 14.0 Å². The van der Waals surface area contributed by atoms with E-state index < -0.39 is 5.92 Å². The van der Waals surface area contributed by atoms with E-state index in [9.17, 15) is 14.0 Å². The Morgan fingerprint density at radius 3 is 2.69 bits per heavy atom. The van der Waals surface area contributed by atoms with Crippen LogP contribution in [-0.2, 0) is 22.6 Å². The quantitative estimate of drug-likeness (QED) is 0.804. The van der Waals surface area contributed by atoms with Crippen molar-refractivity contribution in [3.63, 3.8) is 0 Å². The molecule has 2 amide bonds. The average Bonchev–Trinajstić information content (AvgIpc) is 2.72. The van der Waals surface area contributed by atoms with E-state index in [1.807, 2.05) is 36.4 Å². The highest BCUT2D eigenvalue weighted by atomic mass is 35.5. The van der Waals surface area contributed by atoms with Gasteiger partial charge in [0.05, 0.1) is 17.6 Å². The number of fused-ring (bicyclic) bond motifs is 1. The summed E-state index contributed by atoms with van der Waals surface area (Å²) in [7, 11) is 1.73. The van der Waals surface area contributed by atoms with Crippen LogP contribution in [0.25, 0.3) is 0 Å². The van der Waals surface area contributed by atoms with Crippen LogP contribution in [0.4, 0.5) is 10.1 Å². The molecule has 2 aliphatic heterocycles. The van der Waals surface area contributed by atoms with Crippen molar-refractivity contribution in [2.45, 2.75) is 31.8 Å². The predicted molar refractivity (Wildman–Crippen MR) is 112 cm³/mol. The van der Waals surface area contributed by atoms with Crippen LogP contribution in [-0.4, -0.2) is 30.3 Å². The van der Waals surface area contributed by atoms with E-state index in [1.165, 1.54) is 0 Å². The molecule has 2 aromatic rings. The number of piperidine rings is 1. The highest BCUT2D eigenvalue weighted by molar-refractivity contribution is 5.95. The zero-order valence-corrected chi connectivity index (χ0v) is 17.1. The largest absolute Gasteiger partial charge is 0.338 e. The van der Waals surface area contributed by atoms with E-state index in [-0.39, 0.29) is 41.8 Å². The van der Waals surface area contributed by atoms with Gasteiger partial charge in [0, 0.05) is 20.0 Å². The predicted octanol–water partition coefficient (Wildman–Crippen LogP) is 3.44. The number of rotatable bonds is 3. The number of nitrogens with zero attached hydrogens (tertiary/aromatic N) is 1. The Balaban J connectivity index is 0.00000240. The highest BCUT2D eigenvalue weighted by Gasteiger charge is 2.39. The Bertz CT molecular complexity index is 906. The lowest BCUT2D eigenvalue weighted by Gasteiger charge is -2.38. The zero-order chi connectivity index (χ0) is 19.7. The number of hydrogen-bond acceptors (Lipinski definition) is 3. The number of likely N-dealkylation sites (tertiary alicyclic amines) is 1. The van der Waals surface area contributed by atoms with Gasteiger partial charge in [-0.15, -0.1) is 12.4 Å². The van der Waals surface area contributed by atoms with Crippen molar-refractivity contribution in [2.75, 3.05) is 18.9 Å². The second kappa shape index (κ2) is 8.93. The summed E-state index contributed by atoms with van der Waals surface area (Å²) < 4.78 is 14.9. The van der Waals surface area contributed by atoms with Gasteiger partial charge in [-0.1, -0.05) is 36.4 Å². The fourth-order valence-electron chi connectivity index (χ4n) is 4.27.